The number of nitrogens with zero attached hydrogens (tertiary/aromatic N) is 4. The fourth-order valence-electron chi connectivity index (χ4n) is 1.73. The number of anilines is 1. The molecule has 2 rings (SSSR count). The lowest BCUT2D eigenvalue weighted by atomic mass is 10.2. The summed E-state index contributed by atoms with van der Waals surface area (Å²) in [5.41, 5.74) is 0. The molecule has 0 spiro atoms. The lowest BCUT2D eigenvalue weighted by molar-refractivity contribution is 0.572. The van der Waals surface area contributed by atoms with Crippen LogP contribution < -0.4 is 9.44 Å². The quantitative estimate of drug-likeness (QED) is 0.685. The molecule has 0 fully saturated rings. The van der Waals surface area contributed by atoms with Gasteiger partial charge < -0.3 is 0 Å². The maximum absolute atomic E-state index is 12.3. The molecule has 0 radical (unpaired) electrons. The molecule has 2 N–H and O–H groups in total. The lowest BCUT2D eigenvalue weighted by Crippen LogP contribution is -2.28. The minimum absolute atomic E-state index is 0.0313. The number of benzene rings is 1. The third kappa shape index (κ3) is 4.53. The van der Waals surface area contributed by atoms with Crippen LogP contribution in [-0.2, 0) is 27.1 Å². The number of rotatable bonds is 7. The Bertz CT molecular complexity index is 990. The summed E-state index contributed by atoms with van der Waals surface area (Å²) in [6.45, 7) is 1.54. The van der Waals surface area contributed by atoms with Crippen LogP contribution in [0.5, 0.6) is 0 Å². The summed E-state index contributed by atoms with van der Waals surface area (Å²) >= 11 is 0. The molecular formula is C13H16N6O4S2. The summed E-state index contributed by atoms with van der Waals surface area (Å²) in [5.74, 6) is -0.450. The Morgan fingerprint density at radius 1 is 1.16 bits per heavy atom. The van der Waals surface area contributed by atoms with Crippen LogP contribution in [0.15, 0.2) is 40.4 Å². The van der Waals surface area contributed by atoms with Gasteiger partial charge in [0, 0.05) is 13.6 Å². The van der Waals surface area contributed by atoms with Crippen LogP contribution in [0.4, 0.5) is 5.95 Å². The molecule has 2 aromatic rings. The zero-order chi connectivity index (χ0) is 18.7. The van der Waals surface area contributed by atoms with E-state index in [4.69, 9.17) is 5.26 Å². The highest BCUT2D eigenvalue weighted by Gasteiger charge is 2.19. The fourth-order valence-corrected chi connectivity index (χ4v) is 3.90. The van der Waals surface area contributed by atoms with Crippen molar-refractivity contribution < 1.29 is 16.8 Å². The van der Waals surface area contributed by atoms with Crippen LogP contribution in [0.1, 0.15) is 6.92 Å². The zero-order valence-corrected chi connectivity index (χ0v) is 15.0. The monoisotopic (exact) mass is 384 g/mol. The predicted octanol–water partition coefficient (Wildman–Crippen LogP) is 0.0539. The Kier molecular flexibility index (Phi) is 5.41. The van der Waals surface area contributed by atoms with Gasteiger partial charge in [-0.2, -0.15) is 15.3 Å². The van der Waals surface area contributed by atoms with Crippen LogP contribution in [-0.4, -0.2) is 38.1 Å². The summed E-state index contributed by atoms with van der Waals surface area (Å²) in [6, 6.07) is 6.59. The van der Waals surface area contributed by atoms with E-state index in [9.17, 15) is 16.8 Å². The van der Waals surface area contributed by atoms with E-state index < -0.39 is 26.0 Å². The van der Waals surface area contributed by atoms with Crippen molar-refractivity contribution in [2.75, 3.05) is 11.3 Å². The first kappa shape index (κ1) is 18.8. The molecule has 0 amide bonds. The molecule has 0 saturated carbocycles. The molecule has 0 saturated heterocycles. The van der Waals surface area contributed by atoms with Crippen molar-refractivity contribution in [2.45, 2.75) is 16.7 Å². The molecular weight excluding hydrogens is 368 g/mol. The molecule has 12 heteroatoms. The number of sulfonamides is 2. The Balaban J connectivity index is 2.19. The topological polar surface area (TPSA) is 147 Å². The molecule has 0 aliphatic rings. The molecule has 1 atom stereocenters. The maximum Gasteiger partial charge on any atom is 0.264 e. The van der Waals surface area contributed by atoms with Crippen molar-refractivity contribution in [3.8, 4) is 6.07 Å². The van der Waals surface area contributed by atoms with E-state index in [-0.39, 0.29) is 22.3 Å². The minimum Gasteiger partial charge on any atom is -0.247 e. The molecule has 25 heavy (non-hydrogen) atoms. The number of hydrogen-bond donors (Lipinski definition) is 2. The largest absolute Gasteiger partial charge is 0.264 e. The van der Waals surface area contributed by atoms with Crippen molar-refractivity contribution in [2.24, 2.45) is 13.0 Å². The van der Waals surface area contributed by atoms with Crippen molar-refractivity contribution in [3.63, 3.8) is 0 Å². The van der Waals surface area contributed by atoms with Gasteiger partial charge in [-0.25, -0.2) is 31.0 Å². The van der Waals surface area contributed by atoms with E-state index >= 15 is 0 Å². The lowest BCUT2D eigenvalue weighted by Gasteiger charge is -2.09. The molecule has 134 valence electrons. The first-order valence-electron chi connectivity index (χ1n) is 7.02. The summed E-state index contributed by atoms with van der Waals surface area (Å²) in [4.78, 5) is 3.53. The highest BCUT2D eigenvalue weighted by Crippen LogP contribution is 2.17. The molecule has 1 heterocycles. The number of nitrogens with one attached hydrogen (secondary N) is 2. The first-order chi connectivity index (χ1) is 11.7. The van der Waals surface area contributed by atoms with Gasteiger partial charge >= 0.3 is 0 Å². The molecule has 0 aliphatic heterocycles. The molecule has 0 bridgehead atoms. The van der Waals surface area contributed by atoms with Gasteiger partial charge in [-0.15, -0.1) is 0 Å². The van der Waals surface area contributed by atoms with E-state index in [0.29, 0.717) is 0 Å². The smallest absolute Gasteiger partial charge is 0.247 e. The summed E-state index contributed by atoms with van der Waals surface area (Å²) < 4.78 is 54.5. The van der Waals surface area contributed by atoms with Gasteiger partial charge in [-0.1, -0.05) is 0 Å². The molecule has 1 aromatic carbocycles. The van der Waals surface area contributed by atoms with E-state index in [2.05, 4.69) is 19.5 Å². The SMILES string of the molecule is CC(C#N)CNS(=O)(=O)c1ccc(S(=O)(=O)Nc2ncnn2C)cc1. The Morgan fingerprint density at radius 2 is 1.72 bits per heavy atom. The average Bonchev–Trinajstić information content (AvgIpc) is 2.97. The Labute approximate surface area is 145 Å². The van der Waals surface area contributed by atoms with Crippen LogP contribution in [0.25, 0.3) is 0 Å². The van der Waals surface area contributed by atoms with Gasteiger partial charge in [0.15, 0.2) is 0 Å². The van der Waals surface area contributed by atoms with Crippen molar-refractivity contribution in [1.29, 1.82) is 5.26 Å². The summed E-state index contributed by atoms with van der Waals surface area (Å²) in [7, 11) is -6.23. The van der Waals surface area contributed by atoms with Crippen molar-refractivity contribution >= 4 is 26.0 Å². The number of aromatic nitrogens is 3. The van der Waals surface area contributed by atoms with Gasteiger partial charge in [0.2, 0.25) is 16.0 Å². The number of hydrogen-bond acceptors (Lipinski definition) is 7. The van der Waals surface area contributed by atoms with Crippen LogP contribution in [0.3, 0.4) is 0 Å². The van der Waals surface area contributed by atoms with Gasteiger partial charge in [-0.05, 0) is 31.2 Å². The van der Waals surface area contributed by atoms with Crippen LogP contribution in [0.2, 0.25) is 0 Å². The first-order valence-corrected chi connectivity index (χ1v) is 9.98. The second-order valence-electron chi connectivity index (χ2n) is 5.17. The van der Waals surface area contributed by atoms with E-state index in [0.717, 1.165) is 0 Å². The molecule has 10 nitrogen and oxygen atoms in total. The number of aryl methyl sites for hydroxylation is 1. The van der Waals surface area contributed by atoms with Gasteiger partial charge in [0.1, 0.15) is 6.33 Å². The standard InChI is InChI=1S/C13H16N6O4S2/c1-10(7-14)8-17-24(20,21)11-3-5-12(6-4-11)25(22,23)18-13-15-9-16-19(13)2/h3-6,9-10,17H,8H2,1-2H3,(H,15,16,18). The maximum atomic E-state index is 12.3. The summed E-state index contributed by atoms with van der Waals surface area (Å²) in [6.07, 6.45) is 1.20. The van der Waals surface area contributed by atoms with Gasteiger partial charge in [0.25, 0.3) is 10.0 Å². The van der Waals surface area contributed by atoms with Gasteiger partial charge in [0.05, 0.1) is 21.8 Å². The van der Waals surface area contributed by atoms with Crippen molar-refractivity contribution in [1.82, 2.24) is 19.5 Å². The third-order valence-corrected chi connectivity index (χ3v) is 5.96. The molecule has 1 unspecified atom stereocenters. The summed E-state index contributed by atoms with van der Waals surface area (Å²) in [5, 5.41) is 12.4. The molecule has 1 aromatic heterocycles. The second kappa shape index (κ2) is 7.18. The normalized spacial score (nSPS) is 13.2. The highest BCUT2D eigenvalue weighted by atomic mass is 32.2. The second-order valence-corrected chi connectivity index (χ2v) is 8.62. The van der Waals surface area contributed by atoms with Crippen LogP contribution in [0, 0.1) is 17.2 Å². The van der Waals surface area contributed by atoms with E-state index in [1.165, 1.54) is 42.3 Å². The third-order valence-electron chi connectivity index (χ3n) is 3.18. The average molecular weight is 384 g/mol. The van der Waals surface area contributed by atoms with Crippen LogP contribution >= 0.6 is 0 Å². The Morgan fingerprint density at radius 3 is 2.20 bits per heavy atom. The highest BCUT2D eigenvalue weighted by molar-refractivity contribution is 7.92. The van der Waals surface area contributed by atoms with Crippen molar-refractivity contribution in [3.05, 3.63) is 30.6 Å². The van der Waals surface area contributed by atoms with E-state index in [1.807, 2.05) is 6.07 Å². The zero-order valence-electron chi connectivity index (χ0n) is 13.4. The minimum atomic E-state index is -3.93. The molecule has 0 aliphatic carbocycles. The van der Waals surface area contributed by atoms with E-state index in [1.54, 1.807) is 6.92 Å². The predicted molar refractivity (Wildman–Crippen MR) is 88.2 cm³/mol. The Hall–Kier alpha value is -2.49. The number of nitriles is 1. The van der Waals surface area contributed by atoms with Gasteiger partial charge in [-0.3, -0.25) is 0 Å². The fraction of sp³-hybridized carbons (Fsp3) is 0.308.